The van der Waals surface area contributed by atoms with E-state index in [1.807, 2.05) is 23.1 Å². The van der Waals surface area contributed by atoms with Crippen molar-refractivity contribution in [2.45, 2.75) is 6.04 Å². The highest BCUT2D eigenvalue weighted by atomic mass is 19.1. The third kappa shape index (κ3) is 4.43. The Bertz CT molecular complexity index is 962. The van der Waals surface area contributed by atoms with Crippen LogP contribution < -0.4 is 4.74 Å². The number of nitrogens with zero attached hydrogens (tertiary/aromatic N) is 3. The molecule has 0 radical (unpaired) electrons. The minimum absolute atomic E-state index is 0.00223. The van der Waals surface area contributed by atoms with Crippen molar-refractivity contribution in [1.29, 1.82) is 0 Å². The number of hydrogen-bond donors (Lipinski definition) is 0. The van der Waals surface area contributed by atoms with Gasteiger partial charge in [0.2, 0.25) is 5.88 Å². The number of piperazine rings is 1. The molecule has 0 bridgehead atoms. The van der Waals surface area contributed by atoms with Crippen LogP contribution in [0, 0.1) is 5.82 Å². The molecule has 0 N–H and O–H groups in total. The molecule has 4 rings (SSSR count). The van der Waals surface area contributed by atoms with Gasteiger partial charge in [-0.3, -0.25) is 4.79 Å². The number of amides is 1. The minimum atomic E-state index is -0.327. The monoisotopic (exact) mass is 391 g/mol. The van der Waals surface area contributed by atoms with Crippen molar-refractivity contribution in [3.63, 3.8) is 0 Å². The first-order valence-corrected chi connectivity index (χ1v) is 9.54. The first kappa shape index (κ1) is 19.1. The lowest BCUT2D eigenvalue weighted by Gasteiger charge is -2.40. The van der Waals surface area contributed by atoms with E-state index in [2.05, 4.69) is 29.1 Å². The quantitative estimate of drug-likeness (QED) is 0.671. The summed E-state index contributed by atoms with van der Waals surface area (Å²) >= 11 is 0. The molecule has 1 atom stereocenters. The van der Waals surface area contributed by atoms with Crippen LogP contribution in [0.1, 0.15) is 22.0 Å². The van der Waals surface area contributed by atoms with Crippen LogP contribution in [0.3, 0.4) is 0 Å². The van der Waals surface area contributed by atoms with E-state index in [4.69, 9.17) is 4.74 Å². The number of ether oxygens (including phenoxy) is 1. The maximum atomic E-state index is 13.2. The summed E-state index contributed by atoms with van der Waals surface area (Å²) in [6, 6.07) is 19.2. The van der Waals surface area contributed by atoms with Crippen molar-refractivity contribution >= 4 is 5.91 Å². The van der Waals surface area contributed by atoms with Crippen molar-refractivity contribution in [3.8, 4) is 11.6 Å². The predicted molar refractivity (Wildman–Crippen MR) is 108 cm³/mol. The van der Waals surface area contributed by atoms with Crippen LogP contribution in [0.5, 0.6) is 11.6 Å². The normalized spacial score (nSPS) is 17.2. The fourth-order valence-corrected chi connectivity index (χ4v) is 3.48. The Morgan fingerprint density at radius 2 is 1.79 bits per heavy atom. The van der Waals surface area contributed by atoms with E-state index in [9.17, 15) is 9.18 Å². The van der Waals surface area contributed by atoms with Crippen molar-refractivity contribution in [2.24, 2.45) is 0 Å². The van der Waals surface area contributed by atoms with Gasteiger partial charge in [0, 0.05) is 31.9 Å². The Morgan fingerprint density at radius 3 is 2.48 bits per heavy atom. The minimum Gasteiger partial charge on any atom is -0.439 e. The van der Waals surface area contributed by atoms with Gasteiger partial charge in [-0.2, -0.15) is 0 Å². The van der Waals surface area contributed by atoms with E-state index >= 15 is 0 Å². The van der Waals surface area contributed by atoms with Crippen molar-refractivity contribution < 1.29 is 13.9 Å². The topological polar surface area (TPSA) is 45.7 Å². The summed E-state index contributed by atoms with van der Waals surface area (Å²) in [6.07, 6.45) is 1.53. The average molecular weight is 391 g/mol. The second-order valence-corrected chi connectivity index (χ2v) is 7.13. The number of rotatable bonds is 4. The molecule has 148 valence electrons. The molecule has 1 saturated heterocycles. The second kappa shape index (κ2) is 8.41. The van der Waals surface area contributed by atoms with Gasteiger partial charge >= 0.3 is 0 Å². The Morgan fingerprint density at radius 1 is 1.03 bits per heavy atom. The number of carbonyl (C=O) groups is 1. The lowest BCUT2D eigenvalue weighted by Crippen LogP contribution is -2.49. The summed E-state index contributed by atoms with van der Waals surface area (Å²) in [7, 11) is 2.07. The number of benzene rings is 2. The molecule has 0 saturated carbocycles. The molecule has 1 aromatic heterocycles. The third-order valence-electron chi connectivity index (χ3n) is 5.05. The van der Waals surface area contributed by atoms with E-state index in [0.29, 0.717) is 23.7 Å². The summed E-state index contributed by atoms with van der Waals surface area (Å²) in [5, 5.41) is 0. The number of pyridine rings is 1. The largest absolute Gasteiger partial charge is 0.439 e. The molecule has 1 aliphatic rings. The van der Waals surface area contributed by atoms with E-state index in [0.717, 1.165) is 18.7 Å². The van der Waals surface area contributed by atoms with E-state index < -0.39 is 0 Å². The maximum absolute atomic E-state index is 13.2. The Balaban J connectivity index is 1.51. The van der Waals surface area contributed by atoms with Gasteiger partial charge in [0.25, 0.3) is 5.91 Å². The van der Waals surface area contributed by atoms with Crippen LogP contribution in [0.15, 0.2) is 72.9 Å². The molecule has 2 heterocycles. The third-order valence-corrected chi connectivity index (χ3v) is 5.05. The van der Waals surface area contributed by atoms with Gasteiger partial charge < -0.3 is 14.5 Å². The highest BCUT2D eigenvalue weighted by Gasteiger charge is 2.30. The number of hydrogen-bond acceptors (Lipinski definition) is 4. The van der Waals surface area contributed by atoms with Gasteiger partial charge in [-0.25, -0.2) is 9.37 Å². The van der Waals surface area contributed by atoms with Gasteiger partial charge in [0.05, 0.1) is 11.6 Å². The molecular weight excluding hydrogens is 369 g/mol. The zero-order valence-electron chi connectivity index (χ0n) is 16.2. The summed E-state index contributed by atoms with van der Waals surface area (Å²) < 4.78 is 18.6. The Kier molecular flexibility index (Phi) is 5.53. The molecular formula is C23H22FN3O2. The van der Waals surface area contributed by atoms with Crippen molar-refractivity contribution in [3.05, 3.63) is 89.9 Å². The highest BCUT2D eigenvalue weighted by molar-refractivity contribution is 5.94. The fourth-order valence-electron chi connectivity index (χ4n) is 3.48. The van der Waals surface area contributed by atoms with Crippen molar-refractivity contribution in [1.82, 2.24) is 14.8 Å². The zero-order valence-corrected chi connectivity index (χ0v) is 16.2. The molecule has 5 nitrogen and oxygen atoms in total. The molecule has 6 heteroatoms. The molecule has 1 aliphatic heterocycles. The number of aromatic nitrogens is 1. The van der Waals surface area contributed by atoms with E-state index in [1.165, 1.54) is 30.5 Å². The predicted octanol–water partition coefficient (Wildman–Crippen LogP) is 4.14. The fraction of sp³-hybridized carbons (Fsp3) is 0.217. The number of likely N-dealkylation sites (N-methyl/N-ethyl adjacent to an activating group) is 1. The molecule has 3 aromatic rings. The summed E-state index contributed by atoms with van der Waals surface area (Å²) in [6.45, 7) is 2.27. The average Bonchev–Trinajstić information content (AvgIpc) is 2.76. The molecule has 29 heavy (non-hydrogen) atoms. The van der Waals surface area contributed by atoms with Crippen LogP contribution in [0.25, 0.3) is 0 Å². The van der Waals surface area contributed by atoms with Gasteiger partial charge in [0.15, 0.2) is 0 Å². The molecule has 1 unspecified atom stereocenters. The van der Waals surface area contributed by atoms with Crippen LogP contribution in [0.2, 0.25) is 0 Å². The molecule has 0 aliphatic carbocycles. The van der Waals surface area contributed by atoms with Crippen LogP contribution in [-0.4, -0.2) is 47.4 Å². The van der Waals surface area contributed by atoms with Gasteiger partial charge in [-0.1, -0.05) is 30.3 Å². The van der Waals surface area contributed by atoms with Crippen molar-refractivity contribution in [2.75, 3.05) is 26.7 Å². The summed E-state index contributed by atoms with van der Waals surface area (Å²) in [4.78, 5) is 21.6. The lowest BCUT2D eigenvalue weighted by molar-refractivity contribution is 0.0497. The highest BCUT2D eigenvalue weighted by Crippen LogP contribution is 2.27. The molecule has 2 aromatic carbocycles. The van der Waals surface area contributed by atoms with Crippen LogP contribution in [0.4, 0.5) is 4.39 Å². The van der Waals surface area contributed by atoms with Gasteiger partial charge in [0.1, 0.15) is 11.6 Å². The van der Waals surface area contributed by atoms with Crippen LogP contribution in [-0.2, 0) is 0 Å². The first-order valence-electron chi connectivity index (χ1n) is 9.54. The van der Waals surface area contributed by atoms with E-state index in [-0.39, 0.29) is 17.8 Å². The SMILES string of the molecule is CN1CCN(C(=O)c2ccc(Oc3ccc(F)cc3)nc2)C(c2ccccc2)C1. The smallest absolute Gasteiger partial charge is 0.256 e. The Hall–Kier alpha value is -3.25. The lowest BCUT2D eigenvalue weighted by atomic mass is 10.0. The molecule has 1 amide bonds. The second-order valence-electron chi connectivity index (χ2n) is 7.13. The summed E-state index contributed by atoms with van der Waals surface area (Å²) in [5.74, 6) is 0.464. The standard InChI is InChI=1S/C23H22FN3O2/c1-26-13-14-27(21(16-26)17-5-3-2-4-6-17)23(28)18-7-12-22(25-15-18)29-20-10-8-19(24)9-11-20/h2-12,15,21H,13-14,16H2,1H3. The molecule has 1 fully saturated rings. The van der Waals surface area contributed by atoms with Crippen LogP contribution >= 0.6 is 0 Å². The summed E-state index contributed by atoms with van der Waals surface area (Å²) in [5.41, 5.74) is 1.64. The van der Waals surface area contributed by atoms with E-state index in [1.54, 1.807) is 12.1 Å². The van der Waals surface area contributed by atoms with Gasteiger partial charge in [-0.15, -0.1) is 0 Å². The zero-order chi connectivity index (χ0) is 20.2. The maximum Gasteiger partial charge on any atom is 0.256 e. The number of carbonyl (C=O) groups excluding carboxylic acids is 1. The number of halogens is 1. The van der Waals surface area contributed by atoms with Gasteiger partial charge in [-0.05, 0) is 42.9 Å². The molecule has 0 spiro atoms. The Labute approximate surface area is 169 Å². The first-order chi connectivity index (χ1) is 14.1.